The first-order valence-electron chi connectivity index (χ1n) is 11.2. The van der Waals surface area contributed by atoms with E-state index in [0.29, 0.717) is 49.4 Å². The van der Waals surface area contributed by atoms with E-state index < -0.39 is 17.7 Å². The van der Waals surface area contributed by atoms with Gasteiger partial charge in [-0.15, -0.1) is 0 Å². The summed E-state index contributed by atoms with van der Waals surface area (Å²) < 4.78 is 22.2. The summed E-state index contributed by atoms with van der Waals surface area (Å²) in [6, 6.07) is 4.77. The van der Waals surface area contributed by atoms with Crippen LogP contribution in [0.4, 0.5) is 11.4 Å². The Bertz CT molecular complexity index is 1080. The van der Waals surface area contributed by atoms with E-state index in [4.69, 9.17) is 42.1 Å². The molecule has 1 N–H and O–H groups in total. The molecule has 11 heteroatoms. The van der Waals surface area contributed by atoms with Gasteiger partial charge in [0.2, 0.25) is 6.04 Å². The Morgan fingerprint density at radius 2 is 1.40 bits per heavy atom. The zero-order valence-electron chi connectivity index (χ0n) is 20.3. The number of carbonyl (C=O) groups is 2. The molecule has 0 radical (unpaired) electrons. The molecule has 0 heterocycles. The lowest BCUT2D eigenvalue weighted by molar-refractivity contribution is -0.126. The molecule has 9 nitrogen and oxygen atoms in total. The number of halogens is 2. The number of ether oxygens (including phenoxy) is 4. The van der Waals surface area contributed by atoms with Gasteiger partial charge in [-0.05, 0) is 34.6 Å². The van der Waals surface area contributed by atoms with Crippen LogP contribution >= 0.6 is 23.2 Å². The minimum absolute atomic E-state index is 0.183. The van der Waals surface area contributed by atoms with Gasteiger partial charge in [0.1, 0.15) is 22.9 Å². The lowest BCUT2D eigenvalue weighted by atomic mass is 10.2. The molecular formula is C24H29Cl2N3O6. The second kappa shape index (κ2) is 13.7. The average molecular weight is 526 g/mol. The van der Waals surface area contributed by atoms with Gasteiger partial charge in [-0.2, -0.15) is 10.2 Å². The van der Waals surface area contributed by atoms with E-state index in [2.05, 4.69) is 15.5 Å². The molecule has 0 aliphatic rings. The maximum atomic E-state index is 13.0. The van der Waals surface area contributed by atoms with E-state index in [0.717, 1.165) is 0 Å². The lowest BCUT2D eigenvalue weighted by Crippen LogP contribution is -2.32. The highest BCUT2D eigenvalue weighted by molar-refractivity contribution is 6.34. The summed E-state index contributed by atoms with van der Waals surface area (Å²) in [5.74, 6) is 0.384. The number of rotatable bonds is 13. The summed E-state index contributed by atoms with van der Waals surface area (Å²) in [5.41, 5.74) is 0.410. The van der Waals surface area contributed by atoms with Crippen LogP contribution in [-0.4, -0.2) is 44.2 Å². The van der Waals surface area contributed by atoms with E-state index in [9.17, 15) is 9.59 Å². The largest absolute Gasteiger partial charge is 0.494 e. The Kier molecular flexibility index (Phi) is 11.1. The van der Waals surface area contributed by atoms with Crippen molar-refractivity contribution in [2.45, 2.75) is 40.7 Å². The monoisotopic (exact) mass is 525 g/mol. The van der Waals surface area contributed by atoms with Crippen LogP contribution in [-0.2, 0) is 9.59 Å². The molecule has 35 heavy (non-hydrogen) atoms. The summed E-state index contributed by atoms with van der Waals surface area (Å²) in [4.78, 5) is 25.2. The predicted octanol–water partition coefficient (Wildman–Crippen LogP) is 6.27. The third-order valence-corrected chi connectivity index (χ3v) is 5.01. The third-order valence-electron chi connectivity index (χ3n) is 4.41. The van der Waals surface area contributed by atoms with Crippen molar-refractivity contribution in [1.29, 1.82) is 0 Å². The summed E-state index contributed by atoms with van der Waals surface area (Å²) in [5, 5.41) is 11.0. The molecule has 2 aromatic carbocycles. The first kappa shape index (κ1) is 28.2. The Balaban J connectivity index is 2.35. The zero-order chi connectivity index (χ0) is 26.0. The Labute approximate surface area is 214 Å². The lowest BCUT2D eigenvalue weighted by Gasteiger charge is -2.16. The third kappa shape index (κ3) is 7.73. The number of nitrogens with one attached hydrogen (secondary N) is 1. The van der Waals surface area contributed by atoms with E-state index in [1.807, 2.05) is 20.8 Å². The smallest absolute Gasteiger partial charge is 0.258 e. The molecule has 0 saturated carbocycles. The first-order valence-corrected chi connectivity index (χ1v) is 11.9. The topological polar surface area (TPSA) is 108 Å². The van der Waals surface area contributed by atoms with Gasteiger partial charge in [0.25, 0.3) is 5.91 Å². The predicted molar refractivity (Wildman–Crippen MR) is 135 cm³/mol. The van der Waals surface area contributed by atoms with Crippen molar-refractivity contribution in [2.75, 3.05) is 31.7 Å². The quantitative estimate of drug-likeness (QED) is 0.244. The number of anilines is 1. The van der Waals surface area contributed by atoms with Crippen molar-refractivity contribution < 1.29 is 28.5 Å². The van der Waals surface area contributed by atoms with Crippen LogP contribution < -0.4 is 24.3 Å². The van der Waals surface area contributed by atoms with Crippen LogP contribution in [0.2, 0.25) is 10.0 Å². The highest BCUT2D eigenvalue weighted by Crippen LogP contribution is 2.39. The maximum Gasteiger partial charge on any atom is 0.258 e. The van der Waals surface area contributed by atoms with E-state index in [-0.39, 0.29) is 21.4 Å². The highest BCUT2D eigenvalue weighted by Gasteiger charge is 2.26. The fourth-order valence-corrected chi connectivity index (χ4v) is 3.41. The van der Waals surface area contributed by atoms with Crippen LogP contribution in [0.25, 0.3) is 0 Å². The van der Waals surface area contributed by atoms with Crippen molar-refractivity contribution >= 4 is 46.3 Å². The zero-order valence-corrected chi connectivity index (χ0v) is 21.8. The molecule has 0 aromatic heterocycles. The molecule has 0 fully saturated rings. The van der Waals surface area contributed by atoms with Crippen molar-refractivity contribution in [3.8, 4) is 23.0 Å². The van der Waals surface area contributed by atoms with Crippen LogP contribution in [0.15, 0.2) is 34.5 Å². The minimum Gasteiger partial charge on any atom is -0.494 e. The molecular weight excluding hydrogens is 497 g/mol. The molecule has 0 spiro atoms. The number of hydrogen-bond acceptors (Lipinski definition) is 8. The van der Waals surface area contributed by atoms with Gasteiger partial charge in [-0.25, -0.2) is 0 Å². The minimum atomic E-state index is -1.45. The summed E-state index contributed by atoms with van der Waals surface area (Å²) in [7, 11) is 0. The number of hydrogen-bond donors (Lipinski definition) is 1. The van der Waals surface area contributed by atoms with Crippen LogP contribution in [0.3, 0.4) is 0 Å². The van der Waals surface area contributed by atoms with Crippen LogP contribution in [0, 0.1) is 0 Å². The van der Waals surface area contributed by atoms with Gasteiger partial charge in [0, 0.05) is 24.3 Å². The van der Waals surface area contributed by atoms with Crippen molar-refractivity contribution in [1.82, 2.24) is 0 Å². The van der Waals surface area contributed by atoms with Gasteiger partial charge in [0.15, 0.2) is 17.3 Å². The number of amides is 1. The number of azo groups is 1. The van der Waals surface area contributed by atoms with Crippen LogP contribution in [0.1, 0.15) is 34.6 Å². The molecule has 1 amide bonds. The Hall–Kier alpha value is -3.04. The molecule has 0 aliphatic heterocycles. The number of ketones is 1. The van der Waals surface area contributed by atoms with Gasteiger partial charge >= 0.3 is 0 Å². The number of carbonyl (C=O) groups excluding carboxylic acids is 2. The molecule has 0 aliphatic carbocycles. The fourth-order valence-electron chi connectivity index (χ4n) is 2.97. The van der Waals surface area contributed by atoms with E-state index in [1.54, 1.807) is 25.1 Å². The molecule has 190 valence electrons. The highest BCUT2D eigenvalue weighted by atomic mass is 35.5. The summed E-state index contributed by atoms with van der Waals surface area (Å²) in [6.07, 6.45) is 0. The second-order valence-corrected chi connectivity index (χ2v) is 7.79. The average Bonchev–Trinajstić information content (AvgIpc) is 2.79. The molecule has 1 unspecified atom stereocenters. The number of benzene rings is 2. The summed E-state index contributed by atoms with van der Waals surface area (Å²) >= 11 is 12.7. The van der Waals surface area contributed by atoms with Gasteiger partial charge in [-0.3, -0.25) is 9.59 Å². The first-order chi connectivity index (χ1) is 16.7. The van der Waals surface area contributed by atoms with Crippen molar-refractivity contribution in [3.05, 3.63) is 34.3 Å². The van der Waals surface area contributed by atoms with Gasteiger partial charge < -0.3 is 24.3 Å². The van der Waals surface area contributed by atoms with E-state index >= 15 is 0 Å². The SMILES string of the molecule is CCOc1cc(Cl)c(NC(=O)C(N=Nc2cc(OCC)c(OCC)cc2Cl)C(C)=O)c(OCC)c1. The molecule has 2 rings (SSSR count). The molecule has 0 bridgehead atoms. The Morgan fingerprint density at radius 1 is 0.829 bits per heavy atom. The maximum absolute atomic E-state index is 13.0. The normalized spacial score (nSPS) is 11.7. The molecule has 0 saturated heterocycles. The molecule has 1 atom stereocenters. The number of Topliss-reactive ketones (excluding diaryl/α,β-unsaturated/α-hetero) is 1. The van der Waals surface area contributed by atoms with Crippen molar-refractivity contribution in [3.63, 3.8) is 0 Å². The van der Waals surface area contributed by atoms with Crippen molar-refractivity contribution in [2.24, 2.45) is 10.2 Å². The fraction of sp³-hybridized carbons (Fsp3) is 0.417. The summed E-state index contributed by atoms with van der Waals surface area (Å²) in [6.45, 7) is 10.1. The Morgan fingerprint density at radius 3 is 1.97 bits per heavy atom. The van der Waals surface area contributed by atoms with Gasteiger partial charge in [0.05, 0.1) is 36.5 Å². The standard InChI is InChI=1S/C24H29Cl2N3O6/c1-6-32-15-10-17(26)23(21(11-15)35-9-4)27-24(31)22(14(5)30)29-28-18-13-20(34-8-3)19(33-7-2)12-16(18)25/h10-13,22H,6-9H2,1-5H3,(H,27,31). The van der Waals surface area contributed by atoms with E-state index in [1.165, 1.54) is 13.0 Å². The number of nitrogens with zero attached hydrogens (tertiary/aromatic N) is 2. The molecule has 2 aromatic rings. The van der Waals surface area contributed by atoms with Crippen LogP contribution in [0.5, 0.6) is 23.0 Å². The second-order valence-electron chi connectivity index (χ2n) is 6.98. The van der Waals surface area contributed by atoms with Gasteiger partial charge in [-0.1, -0.05) is 23.2 Å².